The molecule has 0 saturated carbocycles. The van der Waals surface area contributed by atoms with Crippen LogP contribution in [0.2, 0.25) is 0 Å². The largest absolute Gasteiger partial charge is 0.445 e. The van der Waals surface area contributed by atoms with Gasteiger partial charge in [-0.2, -0.15) is 0 Å². The Morgan fingerprint density at radius 3 is 1.87 bits per heavy atom. The van der Waals surface area contributed by atoms with Crippen LogP contribution in [-0.2, 0) is 87.7 Å². The predicted molar refractivity (Wildman–Crippen MR) is 412 cm³/mol. The number of ether oxygens (including phenoxy) is 8. The van der Waals surface area contributed by atoms with Crippen molar-refractivity contribution in [2.75, 3.05) is 107 Å². The molecule has 15 N–H and O–H groups in total. The van der Waals surface area contributed by atoms with Crippen molar-refractivity contribution in [3.63, 3.8) is 0 Å². The summed E-state index contributed by atoms with van der Waals surface area (Å²) in [7, 11) is 7.60. The number of hydrogen-bond acceptors (Lipinski definition) is 23. The van der Waals surface area contributed by atoms with Gasteiger partial charge >= 0.3 is 12.1 Å². The van der Waals surface area contributed by atoms with Crippen LogP contribution in [0.3, 0.4) is 0 Å². The number of primary amides is 1. The lowest BCUT2D eigenvalue weighted by Gasteiger charge is -2.41. The summed E-state index contributed by atoms with van der Waals surface area (Å²) in [5, 5.41) is 53.4. The Hall–Kier alpha value is -8.23. The molecular weight excluding hydrogens is 1460 g/mol. The Balaban J connectivity index is 1.33. The molecule has 2 aromatic rings. The third-order valence-corrected chi connectivity index (χ3v) is 20.1. The van der Waals surface area contributed by atoms with Gasteiger partial charge in [0.15, 0.2) is 12.3 Å². The summed E-state index contributed by atoms with van der Waals surface area (Å²) in [6, 6.07) is 6.64. The highest BCUT2D eigenvalue weighted by Crippen LogP contribution is 2.31. The van der Waals surface area contributed by atoms with Crippen LogP contribution in [0.1, 0.15) is 138 Å². The van der Waals surface area contributed by atoms with E-state index < -0.39 is 168 Å². The topological polar surface area (TPSA) is 480 Å². The first-order chi connectivity index (χ1) is 53.1. The van der Waals surface area contributed by atoms with E-state index >= 15 is 0 Å². The zero-order valence-corrected chi connectivity index (χ0v) is 67.8. The first-order valence-corrected chi connectivity index (χ1v) is 38.6. The van der Waals surface area contributed by atoms with E-state index in [1.165, 1.54) is 38.3 Å². The van der Waals surface area contributed by atoms with Crippen molar-refractivity contribution < 1.29 is 106 Å². The van der Waals surface area contributed by atoms with Crippen LogP contribution in [0, 0.1) is 29.6 Å². The summed E-state index contributed by atoms with van der Waals surface area (Å²) in [6.07, 6.45) is -8.47. The Morgan fingerprint density at radius 1 is 0.670 bits per heavy atom. The minimum absolute atomic E-state index is 0.0150. The molecule has 112 heavy (non-hydrogen) atoms. The van der Waals surface area contributed by atoms with Crippen molar-refractivity contribution in [3.8, 4) is 0 Å². The van der Waals surface area contributed by atoms with Gasteiger partial charge in [0.1, 0.15) is 43.0 Å². The summed E-state index contributed by atoms with van der Waals surface area (Å²) < 4.78 is 44.3. The molecule has 0 bridgehead atoms. The summed E-state index contributed by atoms with van der Waals surface area (Å²) in [5.41, 5.74) is 12.9. The molecule has 632 valence electrons. The highest BCUT2D eigenvalue weighted by Gasteiger charge is 2.48. The zero-order chi connectivity index (χ0) is 83.5. The van der Waals surface area contributed by atoms with Gasteiger partial charge in [-0.05, 0) is 86.0 Å². The Labute approximate surface area is 658 Å². The highest BCUT2D eigenvalue weighted by molar-refractivity contribution is 5.99. The second kappa shape index (κ2) is 49.4. The average molecular weight is 1590 g/mol. The maximum atomic E-state index is 14.9. The molecule has 2 aliphatic heterocycles. The third kappa shape index (κ3) is 30.3. The Morgan fingerprint density at radius 2 is 1.29 bits per heavy atom. The van der Waals surface area contributed by atoms with Gasteiger partial charge in [-0.15, -0.1) is 0 Å². The second-order valence-electron chi connectivity index (χ2n) is 29.5. The lowest BCUT2D eigenvalue weighted by molar-refractivity contribution is -0.148. The van der Waals surface area contributed by atoms with Crippen LogP contribution >= 0.6 is 0 Å². The second-order valence-corrected chi connectivity index (χ2v) is 29.5. The number of benzene rings is 2. The van der Waals surface area contributed by atoms with Crippen molar-refractivity contribution in [1.29, 1.82) is 0 Å². The highest BCUT2D eigenvalue weighted by atomic mass is 16.6. The molecule has 0 radical (unpaired) electrons. The standard InChI is InChI=1S/C77H127N13O22/c1-16-47(8)62(56(106-14)42-58(92)90-34-21-25-55(90)66(107-15)48(9)68(96)82-49(10)63(93)51-22-18-17-19-23-51)88(11)75(102)60(45(4)5)87-72(100)61(46(6)7)89(12)77(104)111-43-50-26-28-52(29-27-50)83-70(98)54(24-20-32-81-76(79)103)84-71(99)59(44(2)3)86-69(97)53(78)30-31-57(91)85-74-65(95)64(94)67(112-74)73(101)80-33-35-108-38-39-110-41-40-109-37-36-105-13/h17-19,22-23,26-29,44-49,53-56,59-67,74,93-95H,16,20-21,24-25,30-43,78H2,1-15H3,(H,80,101)(H,82,96)(H,83,98)(H,84,99)(H,85,91)(H,86,97)(H,87,100)(H3,79,81,103)/t47-,48+,49+,53-,54-,55-,56+,59-,60-,61-,62-,63+,64-,65+,66+,67-,74?/m0/s1. The maximum Gasteiger partial charge on any atom is 0.410 e. The summed E-state index contributed by atoms with van der Waals surface area (Å²) in [6.45, 7) is 20.3. The summed E-state index contributed by atoms with van der Waals surface area (Å²) in [5.74, 6) is -7.82. The quantitative estimate of drug-likeness (QED) is 0.0412. The lowest BCUT2D eigenvalue weighted by atomic mass is 9.89. The summed E-state index contributed by atoms with van der Waals surface area (Å²) in [4.78, 5) is 155. The van der Waals surface area contributed by atoms with E-state index in [2.05, 4.69) is 42.5 Å². The zero-order valence-electron chi connectivity index (χ0n) is 67.8. The third-order valence-electron chi connectivity index (χ3n) is 20.1. The molecular formula is C77H127N13O22. The van der Waals surface area contributed by atoms with Gasteiger partial charge in [-0.25, -0.2) is 9.59 Å². The molecule has 0 spiro atoms. The van der Waals surface area contributed by atoms with Crippen molar-refractivity contribution in [3.05, 3.63) is 65.7 Å². The monoisotopic (exact) mass is 1590 g/mol. The Bertz CT molecular complexity index is 3270. The number of hydrogen-bond donors (Lipinski definition) is 13. The smallest absolute Gasteiger partial charge is 0.410 e. The van der Waals surface area contributed by atoms with Crippen LogP contribution < -0.4 is 54.0 Å². The van der Waals surface area contributed by atoms with Gasteiger partial charge < -0.3 is 117 Å². The lowest BCUT2D eigenvalue weighted by Crippen LogP contribution is -2.60. The first kappa shape index (κ1) is 96.1. The fraction of sp³-hybridized carbons (Fsp3) is 0.701. The molecule has 2 aromatic carbocycles. The maximum absolute atomic E-state index is 14.9. The molecule has 4 rings (SSSR count). The molecule has 12 amide bonds. The number of aliphatic hydroxyl groups is 3. The molecule has 35 nitrogen and oxygen atoms in total. The molecule has 1 unspecified atom stereocenters. The number of amides is 12. The van der Waals surface area contributed by atoms with Crippen LogP contribution in [0.25, 0.3) is 0 Å². The minimum atomic E-state index is -1.70. The molecule has 0 aliphatic carbocycles. The van der Waals surface area contributed by atoms with E-state index in [4.69, 9.17) is 49.4 Å². The number of anilines is 1. The van der Waals surface area contributed by atoms with Crippen molar-refractivity contribution >= 4 is 71.0 Å². The van der Waals surface area contributed by atoms with Crippen LogP contribution in [0.4, 0.5) is 15.3 Å². The van der Waals surface area contributed by atoms with E-state index in [1.54, 1.807) is 98.7 Å². The van der Waals surface area contributed by atoms with Crippen molar-refractivity contribution in [2.45, 2.75) is 218 Å². The molecule has 0 aromatic heterocycles. The molecule has 2 heterocycles. The van der Waals surface area contributed by atoms with Gasteiger partial charge in [0.25, 0.3) is 5.91 Å². The number of likely N-dealkylation sites (N-methyl/N-ethyl adjacent to an activating group) is 2. The normalized spacial score (nSPS) is 19.4. The number of carbonyl (C=O) groups is 11. The van der Waals surface area contributed by atoms with Gasteiger partial charge in [0.2, 0.25) is 47.3 Å². The Kier molecular flexibility index (Phi) is 42.4. The van der Waals surface area contributed by atoms with Crippen LogP contribution in [0.15, 0.2) is 54.6 Å². The molecule has 17 atom stereocenters. The molecule has 2 fully saturated rings. The van der Waals surface area contributed by atoms with E-state index in [-0.39, 0.29) is 95.0 Å². The van der Waals surface area contributed by atoms with Crippen LogP contribution in [0.5, 0.6) is 0 Å². The number of likely N-dealkylation sites (tertiary alicyclic amines) is 1. The molecule has 35 heteroatoms. The average Bonchev–Trinajstić information content (AvgIpc) is 1.55. The number of aliphatic hydroxyl groups excluding tert-OH is 3. The SMILES string of the molecule is CC[C@H](C)[C@@H]([C@@H](CC(=O)N1CCC[C@H]1[C@H](OC)[C@@H](C)C(=O)N[C@H](C)[C@@H](O)c1ccccc1)OC)N(C)C(=O)[C@@H](NC(=O)[C@H](C(C)C)N(C)C(=O)OCc1ccc(NC(=O)[C@H](CCCNC(N)=O)NC(=O)[C@@H](NC(=O)[C@@H](N)CCC(=O)NC2O[C@H](C(=O)NCCOCCOCCOCCOC)[C@@H](O)[C@H]2O)C(C)C)cc1)C(C)C. The van der Waals surface area contributed by atoms with Crippen molar-refractivity contribution in [1.82, 2.24) is 51.9 Å². The number of rotatable bonds is 50. The number of methoxy groups -OCH3 is 3. The van der Waals surface area contributed by atoms with Gasteiger partial charge in [0, 0.05) is 67.2 Å². The van der Waals surface area contributed by atoms with E-state index in [9.17, 15) is 68.1 Å². The summed E-state index contributed by atoms with van der Waals surface area (Å²) >= 11 is 0. The van der Waals surface area contributed by atoms with Gasteiger partial charge in [-0.3, -0.25) is 48.1 Å². The van der Waals surface area contributed by atoms with E-state index in [0.717, 1.165) is 4.90 Å². The van der Waals surface area contributed by atoms with Gasteiger partial charge in [-0.1, -0.05) is 111 Å². The minimum Gasteiger partial charge on any atom is -0.445 e. The van der Waals surface area contributed by atoms with E-state index in [0.29, 0.717) is 63.4 Å². The number of nitrogens with zero attached hydrogens (tertiary/aromatic N) is 3. The van der Waals surface area contributed by atoms with Crippen LogP contribution in [-0.4, -0.2) is 282 Å². The number of nitrogens with one attached hydrogen (secondary N) is 8. The fourth-order valence-corrected chi connectivity index (χ4v) is 13.4. The number of carbonyl (C=O) groups excluding carboxylic acids is 11. The number of urea groups is 1. The molecule has 2 saturated heterocycles. The molecule has 2 aliphatic rings. The number of nitrogens with two attached hydrogens (primary N) is 2. The van der Waals surface area contributed by atoms with Crippen molar-refractivity contribution in [2.24, 2.45) is 41.1 Å². The van der Waals surface area contributed by atoms with E-state index in [1.807, 2.05) is 32.0 Å². The fourth-order valence-electron chi connectivity index (χ4n) is 13.4. The first-order valence-electron chi connectivity index (χ1n) is 38.6. The van der Waals surface area contributed by atoms with Gasteiger partial charge in [0.05, 0.1) is 101 Å². The predicted octanol–water partition coefficient (Wildman–Crippen LogP) is 1.07.